The molecule has 0 fully saturated rings. The van der Waals surface area contributed by atoms with Crippen molar-refractivity contribution in [3.8, 4) is 0 Å². The molecular formula is C13H20N4O3. The minimum absolute atomic E-state index is 0.0181. The van der Waals surface area contributed by atoms with E-state index in [2.05, 4.69) is 10.3 Å². The van der Waals surface area contributed by atoms with Crippen LogP contribution in [0.2, 0.25) is 0 Å². The minimum Gasteiger partial charge on any atom is -0.382 e. The number of amides is 1. The molecule has 0 saturated heterocycles. The fourth-order valence-corrected chi connectivity index (χ4v) is 1.42. The summed E-state index contributed by atoms with van der Waals surface area (Å²) in [5, 5.41) is 2.75. The monoisotopic (exact) mass is 280 g/mol. The van der Waals surface area contributed by atoms with Crippen LogP contribution in [0, 0.1) is 0 Å². The highest BCUT2D eigenvalue weighted by atomic mass is 16.5. The van der Waals surface area contributed by atoms with Crippen molar-refractivity contribution in [3.63, 3.8) is 0 Å². The number of hydrogen-bond donors (Lipinski definition) is 3. The maximum atomic E-state index is 11.8. The van der Waals surface area contributed by atoms with E-state index in [0.29, 0.717) is 37.6 Å². The third-order valence-electron chi connectivity index (χ3n) is 2.35. The summed E-state index contributed by atoms with van der Waals surface area (Å²) in [6.07, 6.45) is 0. The number of guanidine groups is 1. The van der Waals surface area contributed by atoms with Crippen molar-refractivity contribution in [2.24, 2.45) is 16.5 Å². The molecule has 0 aromatic heterocycles. The van der Waals surface area contributed by atoms with Gasteiger partial charge in [-0.05, 0) is 24.3 Å². The number of nitrogens with two attached hydrogens (primary N) is 2. The van der Waals surface area contributed by atoms with Gasteiger partial charge in [0.25, 0.3) is 5.91 Å². The number of rotatable bonds is 8. The van der Waals surface area contributed by atoms with Crippen molar-refractivity contribution in [1.82, 2.24) is 5.32 Å². The minimum atomic E-state index is -0.170. The highest BCUT2D eigenvalue weighted by molar-refractivity contribution is 5.94. The molecule has 7 heteroatoms. The van der Waals surface area contributed by atoms with E-state index >= 15 is 0 Å². The molecule has 0 bridgehead atoms. The van der Waals surface area contributed by atoms with Crippen LogP contribution in [0.3, 0.4) is 0 Å². The lowest BCUT2D eigenvalue weighted by Gasteiger charge is -2.06. The summed E-state index contributed by atoms with van der Waals surface area (Å²) >= 11 is 0. The Balaban J connectivity index is 2.34. The van der Waals surface area contributed by atoms with Crippen LogP contribution in [-0.4, -0.2) is 45.3 Å². The van der Waals surface area contributed by atoms with Crippen molar-refractivity contribution in [3.05, 3.63) is 29.8 Å². The smallest absolute Gasteiger partial charge is 0.251 e. The van der Waals surface area contributed by atoms with E-state index in [-0.39, 0.29) is 11.9 Å². The van der Waals surface area contributed by atoms with Crippen LogP contribution in [0.25, 0.3) is 0 Å². The van der Waals surface area contributed by atoms with Gasteiger partial charge in [-0.2, -0.15) is 0 Å². The van der Waals surface area contributed by atoms with Gasteiger partial charge in [-0.25, -0.2) is 4.99 Å². The first kappa shape index (κ1) is 15.9. The lowest BCUT2D eigenvalue weighted by atomic mass is 10.2. The zero-order valence-corrected chi connectivity index (χ0v) is 11.5. The van der Waals surface area contributed by atoms with E-state index in [0.717, 1.165) is 0 Å². The first-order chi connectivity index (χ1) is 9.63. The predicted molar refractivity (Wildman–Crippen MR) is 76.9 cm³/mol. The van der Waals surface area contributed by atoms with E-state index in [9.17, 15) is 4.79 Å². The maximum Gasteiger partial charge on any atom is 0.251 e. The van der Waals surface area contributed by atoms with Gasteiger partial charge < -0.3 is 26.3 Å². The molecule has 0 atom stereocenters. The zero-order valence-electron chi connectivity index (χ0n) is 11.5. The number of carbonyl (C=O) groups is 1. The average molecular weight is 280 g/mol. The van der Waals surface area contributed by atoms with Gasteiger partial charge in [-0.3, -0.25) is 4.79 Å². The molecular weight excluding hydrogens is 260 g/mol. The molecule has 0 aliphatic heterocycles. The number of hydrogen-bond acceptors (Lipinski definition) is 4. The normalized spacial score (nSPS) is 10.1. The largest absolute Gasteiger partial charge is 0.382 e. The predicted octanol–water partition coefficient (Wildman–Crippen LogP) is -0.0157. The number of methoxy groups -OCH3 is 1. The van der Waals surface area contributed by atoms with Crippen LogP contribution < -0.4 is 16.8 Å². The van der Waals surface area contributed by atoms with Crippen LogP contribution in [0.4, 0.5) is 5.69 Å². The fraction of sp³-hybridized carbons (Fsp3) is 0.385. The summed E-state index contributed by atoms with van der Waals surface area (Å²) < 4.78 is 10.1. The highest BCUT2D eigenvalue weighted by Crippen LogP contribution is 2.12. The highest BCUT2D eigenvalue weighted by Gasteiger charge is 2.04. The number of benzene rings is 1. The molecule has 1 rings (SSSR count). The summed E-state index contributed by atoms with van der Waals surface area (Å²) in [5.74, 6) is -0.188. The fourth-order valence-electron chi connectivity index (χ4n) is 1.42. The molecule has 1 aromatic rings. The van der Waals surface area contributed by atoms with E-state index in [4.69, 9.17) is 20.9 Å². The molecule has 0 heterocycles. The van der Waals surface area contributed by atoms with Crippen molar-refractivity contribution in [1.29, 1.82) is 0 Å². The van der Waals surface area contributed by atoms with Crippen LogP contribution >= 0.6 is 0 Å². The molecule has 0 aliphatic rings. The Labute approximate surface area is 117 Å². The molecule has 0 aliphatic carbocycles. The Kier molecular flexibility index (Phi) is 7.08. The van der Waals surface area contributed by atoms with Crippen LogP contribution in [0.1, 0.15) is 10.4 Å². The van der Waals surface area contributed by atoms with E-state index in [1.807, 2.05) is 0 Å². The summed E-state index contributed by atoms with van der Waals surface area (Å²) in [7, 11) is 1.61. The van der Waals surface area contributed by atoms with Gasteiger partial charge in [0.05, 0.1) is 25.5 Å². The zero-order chi connectivity index (χ0) is 14.8. The molecule has 0 spiro atoms. The SMILES string of the molecule is COCCOCCNC(=O)c1ccc(N=C(N)N)cc1. The molecule has 0 unspecified atom stereocenters. The van der Waals surface area contributed by atoms with Crippen LogP contribution in [0.5, 0.6) is 0 Å². The molecule has 0 radical (unpaired) electrons. The van der Waals surface area contributed by atoms with Crippen molar-refractivity contribution >= 4 is 17.6 Å². The van der Waals surface area contributed by atoms with Crippen molar-refractivity contribution < 1.29 is 14.3 Å². The second-order valence-corrected chi connectivity index (χ2v) is 3.94. The standard InChI is InChI=1S/C13H20N4O3/c1-19-8-9-20-7-6-16-12(18)10-2-4-11(5-3-10)17-13(14)15/h2-5H,6-9H2,1H3,(H,16,18)(H4,14,15,17). The number of aliphatic imine (C=N–C) groups is 1. The van der Waals surface area contributed by atoms with Crippen LogP contribution in [0.15, 0.2) is 29.3 Å². The average Bonchev–Trinajstić information content (AvgIpc) is 2.42. The van der Waals surface area contributed by atoms with Gasteiger partial charge in [0.2, 0.25) is 0 Å². The maximum absolute atomic E-state index is 11.8. The molecule has 1 amide bonds. The van der Waals surface area contributed by atoms with E-state index < -0.39 is 0 Å². The Hall–Kier alpha value is -2.12. The van der Waals surface area contributed by atoms with Gasteiger partial charge in [0.15, 0.2) is 5.96 Å². The third kappa shape index (κ3) is 6.17. The molecule has 1 aromatic carbocycles. The van der Waals surface area contributed by atoms with E-state index in [1.165, 1.54) is 0 Å². The number of nitrogens with one attached hydrogen (secondary N) is 1. The van der Waals surface area contributed by atoms with Crippen molar-refractivity contribution in [2.75, 3.05) is 33.5 Å². The Morgan fingerprint density at radius 2 is 1.90 bits per heavy atom. The number of ether oxygens (including phenoxy) is 2. The lowest BCUT2D eigenvalue weighted by molar-refractivity contribution is 0.0692. The number of nitrogens with zero attached hydrogens (tertiary/aromatic N) is 1. The molecule has 0 saturated carbocycles. The van der Waals surface area contributed by atoms with Crippen LogP contribution in [-0.2, 0) is 9.47 Å². The molecule has 110 valence electrons. The topological polar surface area (TPSA) is 112 Å². The second kappa shape index (κ2) is 8.89. The summed E-state index contributed by atoms with van der Waals surface area (Å²) in [4.78, 5) is 15.7. The molecule has 7 nitrogen and oxygen atoms in total. The second-order valence-electron chi connectivity index (χ2n) is 3.94. The van der Waals surface area contributed by atoms with Gasteiger partial charge >= 0.3 is 0 Å². The Morgan fingerprint density at radius 3 is 2.50 bits per heavy atom. The summed E-state index contributed by atoms with van der Waals surface area (Å²) in [6, 6.07) is 6.65. The van der Waals surface area contributed by atoms with Gasteiger partial charge in [-0.1, -0.05) is 0 Å². The Bertz CT molecular complexity index is 441. The van der Waals surface area contributed by atoms with Crippen molar-refractivity contribution in [2.45, 2.75) is 0 Å². The quantitative estimate of drug-likeness (QED) is 0.352. The van der Waals surface area contributed by atoms with E-state index in [1.54, 1.807) is 31.4 Å². The summed E-state index contributed by atoms with van der Waals surface area (Å²) in [6.45, 7) is 1.94. The first-order valence-electron chi connectivity index (χ1n) is 6.18. The lowest BCUT2D eigenvalue weighted by Crippen LogP contribution is -2.27. The third-order valence-corrected chi connectivity index (χ3v) is 2.35. The molecule has 20 heavy (non-hydrogen) atoms. The van der Waals surface area contributed by atoms with Gasteiger partial charge in [-0.15, -0.1) is 0 Å². The molecule has 5 N–H and O–H groups in total. The Morgan fingerprint density at radius 1 is 1.20 bits per heavy atom. The number of carbonyl (C=O) groups excluding carboxylic acids is 1. The van der Waals surface area contributed by atoms with Gasteiger partial charge in [0.1, 0.15) is 0 Å². The van der Waals surface area contributed by atoms with Gasteiger partial charge in [0, 0.05) is 19.2 Å². The first-order valence-corrected chi connectivity index (χ1v) is 6.18. The summed E-state index contributed by atoms with van der Waals surface area (Å²) in [5.41, 5.74) is 11.7.